The van der Waals surface area contributed by atoms with Gasteiger partial charge in [0.05, 0.1) is 35.7 Å². The minimum Gasteiger partial charge on any atom is -0.419 e. The van der Waals surface area contributed by atoms with Gasteiger partial charge in [0.1, 0.15) is 0 Å². The lowest BCUT2D eigenvalue weighted by molar-refractivity contribution is -0.121. The van der Waals surface area contributed by atoms with Gasteiger partial charge in [-0.3, -0.25) is 9.69 Å². The highest BCUT2D eigenvalue weighted by molar-refractivity contribution is 7.13. The van der Waals surface area contributed by atoms with Crippen molar-refractivity contribution >= 4 is 22.9 Å². The number of ether oxygens (including phenoxy) is 1. The first-order valence-electron chi connectivity index (χ1n) is 9.01. The fourth-order valence-electron chi connectivity index (χ4n) is 2.69. The SMILES string of the molecule is COCCN(Cc1nnc(-c2cccs2)o1)[C@@H](C)C(=O)Nc1cccc(C#N)c1. The highest BCUT2D eigenvalue weighted by atomic mass is 32.1. The number of nitrogens with zero attached hydrogens (tertiary/aromatic N) is 4. The summed E-state index contributed by atoms with van der Waals surface area (Å²) in [5.41, 5.74) is 1.06. The van der Waals surface area contributed by atoms with E-state index in [9.17, 15) is 4.79 Å². The van der Waals surface area contributed by atoms with E-state index in [-0.39, 0.29) is 5.91 Å². The van der Waals surface area contributed by atoms with Crippen LogP contribution in [0.15, 0.2) is 46.2 Å². The van der Waals surface area contributed by atoms with E-state index < -0.39 is 6.04 Å². The first-order chi connectivity index (χ1) is 14.1. The number of aromatic nitrogens is 2. The number of benzene rings is 1. The zero-order valence-electron chi connectivity index (χ0n) is 16.2. The third-order valence-electron chi connectivity index (χ3n) is 4.31. The van der Waals surface area contributed by atoms with Crippen LogP contribution in [0.5, 0.6) is 0 Å². The molecule has 1 atom stereocenters. The number of nitriles is 1. The lowest BCUT2D eigenvalue weighted by atomic mass is 10.2. The zero-order valence-corrected chi connectivity index (χ0v) is 17.0. The van der Waals surface area contributed by atoms with E-state index in [1.807, 2.05) is 22.4 Å². The fraction of sp³-hybridized carbons (Fsp3) is 0.300. The van der Waals surface area contributed by atoms with E-state index in [1.54, 1.807) is 38.3 Å². The van der Waals surface area contributed by atoms with Crippen molar-refractivity contribution in [2.24, 2.45) is 0 Å². The summed E-state index contributed by atoms with van der Waals surface area (Å²) in [5, 5.41) is 22.0. The number of amides is 1. The number of carbonyl (C=O) groups excluding carboxylic acids is 1. The largest absolute Gasteiger partial charge is 0.419 e. The predicted molar refractivity (Wildman–Crippen MR) is 109 cm³/mol. The maximum Gasteiger partial charge on any atom is 0.257 e. The van der Waals surface area contributed by atoms with E-state index in [0.29, 0.717) is 42.7 Å². The summed E-state index contributed by atoms with van der Waals surface area (Å²) in [6.45, 7) is 3.08. The number of anilines is 1. The molecule has 1 amide bonds. The van der Waals surface area contributed by atoms with Crippen LogP contribution < -0.4 is 5.32 Å². The molecule has 9 heteroatoms. The van der Waals surface area contributed by atoms with Gasteiger partial charge in [0.2, 0.25) is 11.8 Å². The zero-order chi connectivity index (χ0) is 20.6. The summed E-state index contributed by atoms with van der Waals surface area (Å²) >= 11 is 1.52. The number of thiophene rings is 1. The Hall–Kier alpha value is -3.06. The average molecular weight is 411 g/mol. The van der Waals surface area contributed by atoms with Crippen molar-refractivity contribution < 1.29 is 13.9 Å². The second-order valence-electron chi connectivity index (χ2n) is 6.30. The predicted octanol–water partition coefficient (Wildman–Crippen LogP) is 3.15. The van der Waals surface area contributed by atoms with Crippen LogP contribution in [0.1, 0.15) is 18.4 Å². The third-order valence-corrected chi connectivity index (χ3v) is 5.16. The Bertz CT molecular complexity index is 980. The van der Waals surface area contributed by atoms with Gasteiger partial charge in [0.25, 0.3) is 5.89 Å². The molecule has 0 saturated carbocycles. The summed E-state index contributed by atoms with van der Waals surface area (Å²) < 4.78 is 10.9. The topological polar surface area (TPSA) is 104 Å². The van der Waals surface area contributed by atoms with Crippen LogP contribution >= 0.6 is 11.3 Å². The third kappa shape index (κ3) is 5.48. The van der Waals surface area contributed by atoms with Crippen molar-refractivity contribution in [3.8, 4) is 16.8 Å². The summed E-state index contributed by atoms with van der Waals surface area (Å²) in [7, 11) is 1.61. The first-order valence-corrected chi connectivity index (χ1v) is 9.89. The minimum atomic E-state index is -0.479. The average Bonchev–Trinajstić information content (AvgIpc) is 3.42. The van der Waals surface area contributed by atoms with Crippen molar-refractivity contribution in [3.05, 3.63) is 53.2 Å². The normalized spacial score (nSPS) is 11.9. The van der Waals surface area contributed by atoms with Gasteiger partial charge >= 0.3 is 0 Å². The smallest absolute Gasteiger partial charge is 0.257 e. The highest BCUT2D eigenvalue weighted by Gasteiger charge is 2.24. The quantitative estimate of drug-likeness (QED) is 0.577. The molecule has 8 nitrogen and oxygen atoms in total. The van der Waals surface area contributed by atoms with Crippen molar-refractivity contribution in [3.63, 3.8) is 0 Å². The van der Waals surface area contributed by atoms with E-state index in [0.717, 1.165) is 4.88 Å². The van der Waals surface area contributed by atoms with Gasteiger partial charge in [-0.2, -0.15) is 5.26 Å². The Balaban J connectivity index is 1.69. The molecular formula is C20H21N5O3S. The summed E-state index contributed by atoms with van der Waals surface area (Å²) in [6, 6.07) is 12.2. The van der Waals surface area contributed by atoms with Crippen LogP contribution in [0.2, 0.25) is 0 Å². The molecule has 2 aromatic heterocycles. The van der Waals surface area contributed by atoms with Gasteiger partial charge in [0.15, 0.2) is 0 Å². The Morgan fingerprint density at radius 1 is 1.38 bits per heavy atom. The number of hydrogen-bond acceptors (Lipinski definition) is 8. The monoisotopic (exact) mass is 411 g/mol. The van der Waals surface area contributed by atoms with Crippen LogP contribution in [0.25, 0.3) is 10.8 Å². The van der Waals surface area contributed by atoms with E-state index >= 15 is 0 Å². The number of carbonyl (C=O) groups is 1. The standard InChI is InChI=1S/C20H21N5O3S/c1-14(19(26)22-16-6-3-5-15(11-16)12-21)25(8-9-27-2)13-18-23-24-20(28-18)17-7-4-10-29-17/h3-7,10-11,14H,8-9,13H2,1-2H3,(H,22,26)/t14-/m0/s1. The molecule has 150 valence electrons. The Morgan fingerprint density at radius 2 is 2.24 bits per heavy atom. The van der Waals surface area contributed by atoms with Gasteiger partial charge in [-0.25, -0.2) is 0 Å². The number of rotatable bonds is 9. The molecule has 0 aliphatic carbocycles. The van der Waals surface area contributed by atoms with Gasteiger partial charge in [-0.15, -0.1) is 21.5 Å². The summed E-state index contributed by atoms with van der Waals surface area (Å²) in [6.07, 6.45) is 0. The molecule has 0 spiro atoms. The van der Waals surface area contributed by atoms with Gasteiger partial charge in [-0.05, 0) is 36.6 Å². The number of hydrogen-bond donors (Lipinski definition) is 1. The Kier molecular flexibility index (Phi) is 7.08. The molecule has 1 aromatic carbocycles. The highest BCUT2D eigenvalue weighted by Crippen LogP contribution is 2.23. The second kappa shape index (κ2) is 9.93. The molecular weight excluding hydrogens is 390 g/mol. The van der Waals surface area contributed by atoms with Gasteiger partial charge in [-0.1, -0.05) is 12.1 Å². The lowest BCUT2D eigenvalue weighted by Crippen LogP contribution is -2.43. The van der Waals surface area contributed by atoms with Gasteiger partial charge in [0, 0.05) is 19.3 Å². The number of nitrogens with one attached hydrogen (secondary N) is 1. The minimum absolute atomic E-state index is 0.200. The van der Waals surface area contributed by atoms with E-state index in [4.69, 9.17) is 14.4 Å². The lowest BCUT2D eigenvalue weighted by Gasteiger charge is -2.26. The van der Waals surface area contributed by atoms with Crippen LogP contribution in [0.3, 0.4) is 0 Å². The molecule has 0 radical (unpaired) electrons. The maximum absolute atomic E-state index is 12.8. The maximum atomic E-state index is 12.8. The van der Waals surface area contributed by atoms with E-state index in [1.165, 1.54) is 11.3 Å². The molecule has 0 unspecified atom stereocenters. The molecule has 2 heterocycles. The molecule has 3 aromatic rings. The van der Waals surface area contributed by atoms with Crippen molar-refractivity contribution in [2.75, 3.05) is 25.6 Å². The fourth-order valence-corrected chi connectivity index (χ4v) is 3.33. The summed E-state index contributed by atoms with van der Waals surface area (Å²) in [5.74, 6) is 0.692. The molecule has 0 aliphatic rings. The molecule has 1 N–H and O–H groups in total. The molecule has 0 fully saturated rings. The van der Waals surface area contributed by atoms with Gasteiger partial charge < -0.3 is 14.5 Å². The van der Waals surface area contributed by atoms with Crippen molar-refractivity contribution in [1.82, 2.24) is 15.1 Å². The Labute approximate surface area is 172 Å². The number of methoxy groups -OCH3 is 1. The van der Waals surface area contributed by atoms with Crippen LogP contribution in [-0.4, -0.2) is 47.3 Å². The molecule has 0 saturated heterocycles. The van der Waals surface area contributed by atoms with Crippen LogP contribution in [-0.2, 0) is 16.1 Å². The molecule has 0 aliphatic heterocycles. The van der Waals surface area contributed by atoms with Crippen molar-refractivity contribution in [2.45, 2.75) is 19.5 Å². The second-order valence-corrected chi connectivity index (χ2v) is 7.25. The molecule has 3 rings (SSSR count). The summed E-state index contributed by atoms with van der Waals surface area (Å²) in [4.78, 5) is 15.6. The van der Waals surface area contributed by atoms with Crippen LogP contribution in [0, 0.1) is 11.3 Å². The molecule has 0 bridgehead atoms. The van der Waals surface area contributed by atoms with Crippen molar-refractivity contribution in [1.29, 1.82) is 5.26 Å². The van der Waals surface area contributed by atoms with E-state index in [2.05, 4.69) is 21.6 Å². The molecule has 29 heavy (non-hydrogen) atoms. The first kappa shape index (κ1) is 20.7. The Morgan fingerprint density at radius 3 is 2.97 bits per heavy atom. The van der Waals surface area contributed by atoms with Crippen LogP contribution in [0.4, 0.5) is 5.69 Å².